The molecule has 1 unspecified atom stereocenters. The molecule has 0 aliphatic carbocycles. The standard InChI is InChI=1S/C12H13N3O4/c1-8(11(16)7-14-13)15(12(17)18)9-3-5-10(19-2)6-4-9/h3-8H,1-2H3,(H,17,18). The van der Waals surface area contributed by atoms with Gasteiger partial charge in [0.15, 0.2) is 0 Å². The number of benzene rings is 1. The van der Waals surface area contributed by atoms with Gasteiger partial charge >= 0.3 is 12.3 Å². The van der Waals surface area contributed by atoms with Gasteiger partial charge in [-0.15, -0.1) is 0 Å². The zero-order valence-electron chi connectivity index (χ0n) is 10.5. The zero-order valence-corrected chi connectivity index (χ0v) is 10.5. The topological polar surface area (TPSA) is 103 Å². The van der Waals surface area contributed by atoms with Crippen LogP contribution >= 0.6 is 0 Å². The van der Waals surface area contributed by atoms with Crippen LogP contribution in [0.25, 0.3) is 5.53 Å². The summed E-state index contributed by atoms with van der Waals surface area (Å²) in [7, 11) is 1.49. The highest BCUT2D eigenvalue weighted by Gasteiger charge is 2.28. The molecule has 1 amide bonds. The van der Waals surface area contributed by atoms with Crippen molar-refractivity contribution < 1.29 is 24.2 Å². The number of ketones is 1. The van der Waals surface area contributed by atoms with Crippen LogP contribution in [0.15, 0.2) is 24.3 Å². The lowest BCUT2D eigenvalue weighted by molar-refractivity contribution is -0.116. The fourth-order valence-corrected chi connectivity index (χ4v) is 1.53. The van der Waals surface area contributed by atoms with E-state index in [2.05, 4.69) is 4.79 Å². The van der Waals surface area contributed by atoms with Gasteiger partial charge in [0.1, 0.15) is 11.8 Å². The van der Waals surface area contributed by atoms with Crippen LogP contribution < -0.4 is 9.64 Å². The zero-order chi connectivity index (χ0) is 14.4. The molecular formula is C12H13N3O4. The van der Waals surface area contributed by atoms with E-state index < -0.39 is 17.9 Å². The molecular weight excluding hydrogens is 250 g/mol. The second kappa shape index (κ2) is 6.32. The number of rotatable bonds is 5. The van der Waals surface area contributed by atoms with Gasteiger partial charge in [0, 0.05) is 5.69 Å². The summed E-state index contributed by atoms with van der Waals surface area (Å²) in [6.07, 6.45) is -0.609. The van der Waals surface area contributed by atoms with Crippen LogP contribution in [0, 0.1) is 0 Å². The maximum Gasteiger partial charge on any atom is 0.412 e. The predicted molar refractivity (Wildman–Crippen MR) is 67.7 cm³/mol. The van der Waals surface area contributed by atoms with Crippen molar-refractivity contribution in [1.82, 2.24) is 0 Å². The Morgan fingerprint density at radius 1 is 1.42 bits per heavy atom. The predicted octanol–water partition coefficient (Wildman–Crippen LogP) is 1.44. The molecule has 0 bridgehead atoms. The lowest BCUT2D eigenvalue weighted by atomic mass is 10.1. The van der Waals surface area contributed by atoms with Crippen molar-refractivity contribution in [2.24, 2.45) is 0 Å². The maximum atomic E-state index is 11.5. The van der Waals surface area contributed by atoms with Crippen molar-refractivity contribution in [2.45, 2.75) is 13.0 Å². The van der Waals surface area contributed by atoms with E-state index in [1.807, 2.05) is 0 Å². The lowest BCUT2D eigenvalue weighted by Crippen LogP contribution is -2.43. The number of methoxy groups -OCH3 is 1. The Hall–Kier alpha value is -2.66. The van der Waals surface area contributed by atoms with Gasteiger partial charge < -0.3 is 15.4 Å². The summed E-state index contributed by atoms with van der Waals surface area (Å²) in [5.41, 5.74) is 8.63. The Balaban J connectivity index is 3.09. The Labute approximate surface area is 109 Å². The third-order valence-electron chi connectivity index (χ3n) is 2.54. The van der Waals surface area contributed by atoms with E-state index in [4.69, 9.17) is 10.3 Å². The Morgan fingerprint density at radius 2 is 2.00 bits per heavy atom. The lowest BCUT2D eigenvalue weighted by Gasteiger charge is -2.23. The minimum Gasteiger partial charge on any atom is -0.497 e. The average Bonchev–Trinajstić information content (AvgIpc) is 2.39. The molecule has 0 saturated heterocycles. The van der Waals surface area contributed by atoms with Crippen LogP contribution in [0.5, 0.6) is 5.75 Å². The minimum absolute atomic E-state index is 0.320. The molecule has 0 aliphatic rings. The number of carbonyl (C=O) groups is 2. The van der Waals surface area contributed by atoms with Crippen molar-refractivity contribution >= 4 is 23.8 Å². The van der Waals surface area contributed by atoms with Gasteiger partial charge in [-0.05, 0) is 31.2 Å². The molecule has 1 aromatic rings. The molecule has 7 nitrogen and oxygen atoms in total. The molecule has 0 radical (unpaired) electrons. The van der Waals surface area contributed by atoms with Crippen molar-refractivity contribution in [3.8, 4) is 5.75 Å². The van der Waals surface area contributed by atoms with Crippen LogP contribution in [0.1, 0.15) is 6.92 Å². The normalized spacial score (nSPS) is 11.1. The Morgan fingerprint density at radius 3 is 2.42 bits per heavy atom. The van der Waals surface area contributed by atoms with Crippen LogP contribution in [0.4, 0.5) is 10.5 Å². The van der Waals surface area contributed by atoms with Gasteiger partial charge in [0.25, 0.3) is 5.78 Å². The number of anilines is 1. The summed E-state index contributed by atoms with van der Waals surface area (Å²) >= 11 is 0. The first-order chi connectivity index (χ1) is 9.01. The fourth-order valence-electron chi connectivity index (χ4n) is 1.53. The molecule has 1 N–H and O–H groups in total. The number of amides is 1. The largest absolute Gasteiger partial charge is 0.497 e. The van der Waals surface area contributed by atoms with Crippen molar-refractivity contribution in [1.29, 1.82) is 0 Å². The number of carboxylic acid groups (broad SMARTS) is 1. The van der Waals surface area contributed by atoms with Gasteiger partial charge in [-0.3, -0.25) is 9.69 Å². The Kier molecular flexibility index (Phi) is 4.79. The third kappa shape index (κ3) is 3.40. The molecule has 1 atom stereocenters. The molecule has 1 aromatic carbocycles. The molecule has 0 heterocycles. The van der Waals surface area contributed by atoms with E-state index in [0.29, 0.717) is 17.7 Å². The smallest absolute Gasteiger partial charge is 0.412 e. The van der Waals surface area contributed by atoms with E-state index in [1.165, 1.54) is 26.2 Å². The SMILES string of the molecule is COc1ccc(N(C(=O)O)C(C)C(=O)C=[N+]=[N-])cc1. The summed E-state index contributed by atoms with van der Waals surface area (Å²) in [6, 6.07) is 5.21. The molecule has 0 aromatic heterocycles. The van der Waals surface area contributed by atoms with Gasteiger partial charge in [-0.2, -0.15) is 4.79 Å². The van der Waals surface area contributed by atoms with Crippen molar-refractivity contribution in [2.75, 3.05) is 12.0 Å². The van der Waals surface area contributed by atoms with Gasteiger partial charge in [-0.25, -0.2) is 4.79 Å². The van der Waals surface area contributed by atoms with Gasteiger partial charge in [-0.1, -0.05) is 0 Å². The van der Waals surface area contributed by atoms with E-state index in [9.17, 15) is 14.7 Å². The summed E-state index contributed by atoms with van der Waals surface area (Å²) in [6.45, 7) is 1.41. The molecule has 7 heteroatoms. The fraction of sp³-hybridized carbons (Fsp3) is 0.250. The highest BCUT2D eigenvalue weighted by atomic mass is 16.5. The summed E-state index contributed by atoms with van der Waals surface area (Å²) in [5, 5.41) is 9.18. The van der Waals surface area contributed by atoms with Crippen LogP contribution in [-0.2, 0) is 4.79 Å². The molecule has 1 rings (SSSR count). The second-order valence-corrected chi connectivity index (χ2v) is 3.67. The number of carbonyl (C=O) groups excluding carboxylic acids is 1. The van der Waals surface area contributed by atoms with Gasteiger partial charge in [0.2, 0.25) is 0 Å². The molecule has 100 valence electrons. The Bertz CT molecular complexity index is 520. The number of hydrogen-bond acceptors (Lipinski definition) is 3. The number of ether oxygens (including phenoxy) is 1. The van der Waals surface area contributed by atoms with E-state index in [0.717, 1.165) is 4.90 Å². The first-order valence-corrected chi connectivity index (χ1v) is 5.38. The van der Waals surface area contributed by atoms with Crippen LogP contribution in [0.2, 0.25) is 0 Å². The van der Waals surface area contributed by atoms with E-state index in [-0.39, 0.29) is 0 Å². The highest BCUT2D eigenvalue weighted by molar-refractivity contribution is 6.29. The third-order valence-corrected chi connectivity index (χ3v) is 2.54. The first-order valence-electron chi connectivity index (χ1n) is 5.38. The summed E-state index contributed by atoms with van der Waals surface area (Å²) in [4.78, 5) is 26.3. The van der Waals surface area contributed by atoms with Crippen molar-refractivity contribution in [3.63, 3.8) is 0 Å². The quantitative estimate of drug-likeness (QED) is 0.493. The summed E-state index contributed by atoms with van der Waals surface area (Å²) < 4.78 is 4.97. The molecule has 0 aliphatic heterocycles. The maximum absolute atomic E-state index is 11.5. The minimum atomic E-state index is -1.28. The molecule has 0 fully saturated rings. The van der Waals surface area contributed by atoms with Crippen molar-refractivity contribution in [3.05, 3.63) is 29.8 Å². The number of Topliss-reactive ketones (excluding diaryl/α,β-unsaturated/α-hetero) is 1. The van der Waals surface area contributed by atoms with E-state index >= 15 is 0 Å². The number of nitrogens with zero attached hydrogens (tertiary/aromatic N) is 3. The summed E-state index contributed by atoms with van der Waals surface area (Å²) in [5.74, 6) is -0.0503. The van der Waals surface area contributed by atoms with Crippen LogP contribution in [-0.4, -0.2) is 41.1 Å². The molecule has 0 saturated carbocycles. The monoisotopic (exact) mass is 263 g/mol. The number of hydrogen-bond donors (Lipinski definition) is 1. The van der Waals surface area contributed by atoms with Crippen LogP contribution in [0.3, 0.4) is 0 Å². The molecule has 19 heavy (non-hydrogen) atoms. The van der Waals surface area contributed by atoms with Gasteiger partial charge in [0.05, 0.1) is 7.11 Å². The average molecular weight is 263 g/mol. The van der Waals surface area contributed by atoms with E-state index in [1.54, 1.807) is 12.1 Å². The first kappa shape index (κ1) is 14.4. The highest BCUT2D eigenvalue weighted by Crippen LogP contribution is 2.21. The second-order valence-electron chi connectivity index (χ2n) is 3.67. The molecule has 0 spiro atoms.